The molecule has 3 heteroatoms. The van der Waals surface area contributed by atoms with Gasteiger partial charge in [-0.1, -0.05) is 13.3 Å². The molecule has 1 heterocycles. The van der Waals surface area contributed by atoms with Crippen LogP contribution in [-0.4, -0.2) is 14.4 Å². The molecule has 1 aliphatic rings. The fourth-order valence-electron chi connectivity index (χ4n) is 2.12. The molecule has 1 rings (SSSR count). The Morgan fingerprint density at radius 2 is 2.29 bits per heavy atom. The van der Waals surface area contributed by atoms with Crippen molar-refractivity contribution in [1.82, 2.24) is 0 Å². The van der Waals surface area contributed by atoms with Gasteiger partial charge in [-0.15, -0.1) is 0 Å². The van der Waals surface area contributed by atoms with E-state index in [-0.39, 0.29) is 5.92 Å². The summed E-state index contributed by atoms with van der Waals surface area (Å²) in [5, 5.41) is 8.89. The molecule has 0 N–H and O–H groups in total. The molecule has 0 saturated carbocycles. The number of nitrogens with zero attached hydrogens (tertiary/aromatic N) is 1. The van der Waals surface area contributed by atoms with Crippen LogP contribution >= 0.6 is 0 Å². The van der Waals surface area contributed by atoms with Gasteiger partial charge in [-0.2, -0.15) is 5.26 Å². The molecule has 0 spiro atoms. The van der Waals surface area contributed by atoms with Crippen LogP contribution in [0.1, 0.15) is 32.6 Å². The second-order valence-corrected chi connectivity index (χ2v) is 9.12. The van der Waals surface area contributed by atoms with Crippen molar-refractivity contribution in [1.29, 1.82) is 5.26 Å². The van der Waals surface area contributed by atoms with Crippen LogP contribution in [0.25, 0.3) is 0 Å². The zero-order chi connectivity index (χ0) is 10.6. The minimum atomic E-state index is -1.36. The Morgan fingerprint density at radius 1 is 1.57 bits per heavy atom. The average Bonchev–Trinajstić information content (AvgIpc) is 2.12. The maximum absolute atomic E-state index is 8.89. The number of nitriles is 1. The summed E-state index contributed by atoms with van der Waals surface area (Å²) < 4.78 is 6.10. The zero-order valence-electron chi connectivity index (χ0n) is 9.55. The van der Waals surface area contributed by atoms with Crippen molar-refractivity contribution in [2.45, 2.75) is 57.8 Å². The van der Waals surface area contributed by atoms with E-state index in [2.05, 4.69) is 26.1 Å². The first kappa shape index (κ1) is 11.7. The van der Waals surface area contributed by atoms with Gasteiger partial charge in [0.15, 0.2) is 8.32 Å². The third-order valence-corrected chi connectivity index (χ3v) is 5.54. The summed E-state index contributed by atoms with van der Waals surface area (Å²) in [5.74, 6) is 0.197. The second kappa shape index (κ2) is 4.95. The SMILES string of the molecule is CCC(C#N)CC1CCC[Si](C)(C)O1. The van der Waals surface area contributed by atoms with Crippen LogP contribution in [0.4, 0.5) is 0 Å². The first-order chi connectivity index (χ1) is 6.57. The average molecular weight is 211 g/mol. The predicted octanol–water partition coefficient (Wildman–Crippen LogP) is 3.31. The first-order valence-corrected chi connectivity index (χ1v) is 8.76. The summed E-state index contributed by atoms with van der Waals surface area (Å²) in [4.78, 5) is 0. The molecule has 0 radical (unpaired) electrons. The van der Waals surface area contributed by atoms with Crippen molar-refractivity contribution < 1.29 is 4.43 Å². The minimum Gasteiger partial charge on any atom is -0.414 e. The molecule has 2 unspecified atom stereocenters. The standard InChI is InChI=1S/C11H21NOSi/c1-4-10(9-12)8-11-6-5-7-14(2,3)13-11/h10-11H,4-8H2,1-3H3. The molecular weight excluding hydrogens is 190 g/mol. The van der Waals surface area contributed by atoms with Crippen molar-refractivity contribution >= 4 is 8.32 Å². The third kappa shape index (κ3) is 3.43. The number of hydrogen-bond donors (Lipinski definition) is 0. The van der Waals surface area contributed by atoms with Gasteiger partial charge in [-0.3, -0.25) is 0 Å². The fourth-order valence-corrected chi connectivity index (χ4v) is 4.41. The van der Waals surface area contributed by atoms with Crippen molar-refractivity contribution in [2.24, 2.45) is 5.92 Å². The topological polar surface area (TPSA) is 33.0 Å². The Kier molecular flexibility index (Phi) is 4.15. The monoisotopic (exact) mass is 211 g/mol. The Morgan fingerprint density at radius 3 is 2.79 bits per heavy atom. The van der Waals surface area contributed by atoms with E-state index < -0.39 is 8.32 Å². The van der Waals surface area contributed by atoms with Gasteiger partial charge in [-0.05, 0) is 38.4 Å². The van der Waals surface area contributed by atoms with Crippen LogP contribution in [0.2, 0.25) is 19.1 Å². The van der Waals surface area contributed by atoms with Crippen molar-refractivity contribution in [3.05, 3.63) is 0 Å². The summed E-state index contributed by atoms with van der Waals surface area (Å²) in [6, 6.07) is 3.65. The van der Waals surface area contributed by atoms with E-state index in [0.717, 1.165) is 19.3 Å². The quantitative estimate of drug-likeness (QED) is 0.671. The molecule has 0 amide bonds. The molecular formula is C11H21NOSi. The molecule has 1 saturated heterocycles. The third-order valence-electron chi connectivity index (χ3n) is 3.01. The fraction of sp³-hybridized carbons (Fsp3) is 0.909. The van der Waals surface area contributed by atoms with E-state index in [9.17, 15) is 0 Å². The van der Waals surface area contributed by atoms with Crippen molar-refractivity contribution in [3.63, 3.8) is 0 Å². The largest absolute Gasteiger partial charge is 0.414 e. The predicted molar refractivity (Wildman–Crippen MR) is 60.4 cm³/mol. The maximum atomic E-state index is 8.89. The lowest BCUT2D eigenvalue weighted by atomic mass is 9.98. The van der Waals surface area contributed by atoms with Gasteiger partial charge in [0.1, 0.15) is 0 Å². The van der Waals surface area contributed by atoms with Crippen molar-refractivity contribution in [3.8, 4) is 6.07 Å². The highest BCUT2D eigenvalue weighted by atomic mass is 28.4. The smallest absolute Gasteiger partial charge is 0.187 e. The van der Waals surface area contributed by atoms with Crippen LogP contribution < -0.4 is 0 Å². The Balaban J connectivity index is 2.42. The number of rotatable bonds is 3. The van der Waals surface area contributed by atoms with Gasteiger partial charge in [0, 0.05) is 12.0 Å². The van der Waals surface area contributed by atoms with Crippen LogP contribution in [0.15, 0.2) is 0 Å². The molecule has 2 atom stereocenters. The van der Waals surface area contributed by atoms with Gasteiger partial charge in [0.25, 0.3) is 0 Å². The van der Waals surface area contributed by atoms with Crippen LogP contribution in [0, 0.1) is 17.2 Å². The lowest BCUT2D eigenvalue weighted by Gasteiger charge is -2.35. The minimum absolute atomic E-state index is 0.197. The highest BCUT2D eigenvalue weighted by Crippen LogP contribution is 2.29. The molecule has 14 heavy (non-hydrogen) atoms. The highest BCUT2D eigenvalue weighted by Gasteiger charge is 2.31. The summed E-state index contributed by atoms with van der Waals surface area (Å²) in [6.45, 7) is 6.65. The van der Waals surface area contributed by atoms with Crippen molar-refractivity contribution in [2.75, 3.05) is 0 Å². The highest BCUT2D eigenvalue weighted by molar-refractivity contribution is 6.71. The summed E-state index contributed by atoms with van der Waals surface area (Å²) >= 11 is 0. The molecule has 2 nitrogen and oxygen atoms in total. The Hall–Kier alpha value is -0.333. The van der Waals surface area contributed by atoms with Crippen LogP contribution in [0.3, 0.4) is 0 Å². The summed E-state index contributed by atoms with van der Waals surface area (Å²) in [7, 11) is -1.36. The number of hydrogen-bond acceptors (Lipinski definition) is 2. The van der Waals surface area contributed by atoms with Gasteiger partial charge < -0.3 is 4.43 Å². The normalized spacial score (nSPS) is 28.0. The lowest BCUT2D eigenvalue weighted by molar-refractivity contribution is 0.139. The molecule has 1 fully saturated rings. The van der Waals surface area contributed by atoms with E-state index in [1.807, 2.05) is 0 Å². The lowest BCUT2D eigenvalue weighted by Crippen LogP contribution is -2.40. The summed E-state index contributed by atoms with van der Waals surface area (Å²) in [6.07, 6.45) is 4.73. The Bertz CT molecular complexity index is 222. The molecule has 0 aliphatic carbocycles. The molecule has 0 aromatic rings. The van der Waals surface area contributed by atoms with Crippen LogP contribution in [-0.2, 0) is 4.43 Å². The van der Waals surface area contributed by atoms with E-state index in [1.165, 1.54) is 12.5 Å². The van der Waals surface area contributed by atoms with E-state index >= 15 is 0 Å². The van der Waals surface area contributed by atoms with Gasteiger partial charge in [0.2, 0.25) is 0 Å². The molecule has 0 aromatic carbocycles. The van der Waals surface area contributed by atoms with Gasteiger partial charge in [-0.25, -0.2) is 0 Å². The second-order valence-electron chi connectivity index (χ2n) is 4.86. The molecule has 0 bridgehead atoms. The first-order valence-electron chi connectivity index (χ1n) is 5.65. The Labute approximate surface area is 88.4 Å². The van der Waals surface area contributed by atoms with E-state index in [4.69, 9.17) is 9.69 Å². The zero-order valence-corrected chi connectivity index (χ0v) is 10.5. The van der Waals surface area contributed by atoms with Gasteiger partial charge in [0.05, 0.1) is 6.07 Å². The van der Waals surface area contributed by atoms with E-state index in [1.54, 1.807) is 0 Å². The molecule has 1 aliphatic heterocycles. The molecule has 80 valence electrons. The van der Waals surface area contributed by atoms with Crippen LogP contribution in [0.5, 0.6) is 0 Å². The maximum Gasteiger partial charge on any atom is 0.187 e. The molecule has 0 aromatic heterocycles. The van der Waals surface area contributed by atoms with E-state index in [0.29, 0.717) is 6.10 Å². The van der Waals surface area contributed by atoms with Gasteiger partial charge >= 0.3 is 0 Å². The summed E-state index contributed by atoms with van der Waals surface area (Å²) in [5.41, 5.74) is 0.